The fraction of sp³-hybridized carbons (Fsp3) is 0.316. The number of rotatable bonds is 9. The summed E-state index contributed by atoms with van der Waals surface area (Å²) in [5.41, 5.74) is 1.48. The summed E-state index contributed by atoms with van der Waals surface area (Å²) >= 11 is 0. The van der Waals surface area contributed by atoms with Crippen molar-refractivity contribution >= 4 is 11.6 Å². The van der Waals surface area contributed by atoms with E-state index in [1.165, 1.54) is 24.3 Å². The van der Waals surface area contributed by atoms with Crippen molar-refractivity contribution < 1.29 is 14.5 Å². The minimum atomic E-state index is -0.489. The van der Waals surface area contributed by atoms with Gasteiger partial charge >= 0.3 is 0 Å². The van der Waals surface area contributed by atoms with Crippen LogP contribution in [0.2, 0.25) is 0 Å². The van der Waals surface area contributed by atoms with Crippen LogP contribution in [-0.4, -0.2) is 24.0 Å². The van der Waals surface area contributed by atoms with E-state index in [1.54, 1.807) is 0 Å². The zero-order valence-corrected chi connectivity index (χ0v) is 14.2. The van der Waals surface area contributed by atoms with E-state index in [9.17, 15) is 14.9 Å². The molecule has 0 saturated carbocycles. The van der Waals surface area contributed by atoms with E-state index in [2.05, 4.69) is 12.2 Å². The lowest BCUT2D eigenvalue weighted by atomic mass is 10.1. The number of unbranched alkanes of at least 4 members (excludes halogenated alkanes) is 1. The van der Waals surface area contributed by atoms with Gasteiger partial charge in [-0.05, 0) is 42.7 Å². The number of nitrogens with zero attached hydrogens (tertiary/aromatic N) is 1. The molecule has 0 heterocycles. The molecule has 0 aliphatic carbocycles. The van der Waals surface area contributed by atoms with Crippen LogP contribution in [0.15, 0.2) is 48.5 Å². The highest BCUT2D eigenvalue weighted by Crippen LogP contribution is 2.14. The van der Waals surface area contributed by atoms with Gasteiger partial charge in [-0.25, -0.2) is 0 Å². The second kappa shape index (κ2) is 9.42. The van der Waals surface area contributed by atoms with Gasteiger partial charge in [-0.3, -0.25) is 14.9 Å². The molecule has 0 bridgehead atoms. The summed E-state index contributed by atoms with van der Waals surface area (Å²) in [4.78, 5) is 22.1. The Bertz CT molecular complexity index is 696. The second-order valence-corrected chi connectivity index (χ2v) is 5.66. The van der Waals surface area contributed by atoms with E-state index in [4.69, 9.17) is 4.74 Å². The van der Waals surface area contributed by atoms with Gasteiger partial charge < -0.3 is 10.1 Å². The van der Waals surface area contributed by atoms with Crippen molar-refractivity contribution in [3.05, 3.63) is 69.8 Å². The highest BCUT2D eigenvalue weighted by molar-refractivity contribution is 5.94. The normalized spacial score (nSPS) is 10.3. The molecule has 2 rings (SSSR count). The molecular weight excluding hydrogens is 320 g/mol. The Balaban J connectivity index is 1.77. The van der Waals surface area contributed by atoms with E-state index in [-0.39, 0.29) is 11.6 Å². The average Bonchev–Trinajstić information content (AvgIpc) is 2.63. The molecule has 25 heavy (non-hydrogen) atoms. The molecule has 2 aromatic rings. The smallest absolute Gasteiger partial charge is 0.269 e. The lowest BCUT2D eigenvalue weighted by Crippen LogP contribution is -2.25. The van der Waals surface area contributed by atoms with Crippen LogP contribution in [-0.2, 0) is 6.42 Å². The van der Waals surface area contributed by atoms with Crippen LogP contribution in [0, 0.1) is 10.1 Å². The molecule has 0 unspecified atom stereocenters. The van der Waals surface area contributed by atoms with E-state index in [0.717, 1.165) is 30.8 Å². The first-order valence-corrected chi connectivity index (χ1v) is 8.34. The summed E-state index contributed by atoms with van der Waals surface area (Å²) in [6.45, 7) is 3.34. The number of nitrogens with one attached hydrogen (secondary N) is 1. The van der Waals surface area contributed by atoms with Crippen LogP contribution < -0.4 is 10.1 Å². The van der Waals surface area contributed by atoms with Crippen LogP contribution in [0.25, 0.3) is 0 Å². The minimum absolute atomic E-state index is 0.0298. The molecule has 6 nitrogen and oxygen atoms in total. The fourth-order valence-electron chi connectivity index (χ4n) is 2.24. The van der Waals surface area contributed by atoms with Crippen molar-refractivity contribution in [1.29, 1.82) is 0 Å². The molecule has 6 heteroatoms. The summed E-state index contributed by atoms with van der Waals surface area (Å²) < 4.78 is 5.61. The Labute approximate surface area is 147 Å². The Morgan fingerprint density at radius 1 is 1.12 bits per heavy atom. The van der Waals surface area contributed by atoms with Crippen LogP contribution in [0.5, 0.6) is 5.75 Å². The number of carbonyl (C=O) groups excluding carboxylic acids is 1. The molecule has 0 aliphatic heterocycles. The maximum atomic E-state index is 12.0. The third-order valence-corrected chi connectivity index (χ3v) is 3.73. The predicted octanol–water partition coefficient (Wildman–Crippen LogP) is 3.75. The standard InChI is InChI=1S/C19H22N2O4/c1-2-3-14-25-18-10-4-15(5-11-18)12-13-20-19(22)16-6-8-17(9-7-16)21(23)24/h4-11H,2-3,12-14H2,1H3,(H,20,22). The van der Waals surface area contributed by atoms with Crippen LogP contribution in [0.1, 0.15) is 35.7 Å². The average molecular weight is 342 g/mol. The van der Waals surface area contributed by atoms with Crippen molar-refractivity contribution in [3.63, 3.8) is 0 Å². The molecule has 0 atom stereocenters. The number of hydrogen-bond acceptors (Lipinski definition) is 4. The highest BCUT2D eigenvalue weighted by atomic mass is 16.6. The third kappa shape index (κ3) is 5.91. The van der Waals surface area contributed by atoms with Gasteiger partial charge in [0.25, 0.3) is 11.6 Å². The lowest BCUT2D eigenvalue weighted by molar-refractivity contribution is -0.384. The van der Waals surface area contributed by atoms with Gasteiger partial charge in [0.1, 0.15) is 5.75 Å². The Kier molecular flexibility index (Phi) is 6.95. The van der Waals surface area contributed by atoms with Gasteiger partial charge in [-0.1, -0.05) is 25.5 Å². The number of nitro groups is 1. The topological polar surface area (TPSA) is 81.5 Å². The summed E-state index contributed by atoms with van der Waals surface area (Å²) in [6, 6.07) is 13.4. The van der Waals surface area contributed by atoms with Crippen LogP contribution in [0.4, 0.5) is 5.69 Å². The molecule has 0 fully saturated rings. The van der Waals surface area contributed by atoms with Gasteiger partial charge in [0.2, 0.25) is 0 Å². The first-order chi connectivity index (χ1) is 12.1. The lowest BCUT2D eigenvalue weighted by Gasteiger charge is -2.08. The monoisotopic (exact) mass is 342 g/mol. The fourth-order valence-corrected chi connectivity index (χ4v) is 2.24. The van der Waals surface area contributed by atoms with Gasteiger partial charge in [-0.2, -0.15) is 0 Å². The maximum Gasteiger partial charge on any atom is 0.269 e. The van der Waals surface area contributed by atoms with Crippen molar-refractivity contribution in [3.8, 4) is 5.75 Å². The van der Waals surface area contributed by atoms with Crippen molar-refractivity contribution in [2.24, 2.45) is 0 Å². The van der Waals surface area contributed by atoms with Crippen LogP contribution in [0.3, 0.4) is 0 Å². The van der Waals surface area contributed by atoms with Crippen molar-refractivity contribution in [1.82, 2.24) is 5.32 Å². The molecular formula is C19H22N2O4. The Morgan fingerprint density at radius 2 is 1.80 bits per heavy atom. The van der Waals surface area contributed by atoms with E-state index in [1.807, 2.05) is 24.3 Å². The zero-order chi connectivity index (χ0) is 18.1. The SMILES string of the molecule is CCCCOc1ccc(CCNC(=O)c2ccc([N+](=O)[O-])cc2)cc1. The number of benzene rings is 2. The minimum Gasteiger partial charge on any atom is -0.494 e. The summed E-state index contributed by atoms with van der Waals surface area (Å²) in [5, 5.41) is 13.4. The third-order valence-electron chi connectivity index (χ3n) is 3.73. The second-order valence-electron chi connectivity index (χ2n) is 5.66. The number of nitro benzene ring substituents is 1. The number of amides is 1. The molecule has 1 N–H and O–H groups in total. The van der Waals surface area contributed by atoms with E-state index in [0.29, 0.717) is 18.5 Å². The number of carbonyl (C=O) groups is 1. The van der Waals surface area contributed by atoms with Crippen LogP contribution >= 0.6 is 0 Å². The zero-order valence-electron chi connectivity index (χ0n) is 14.2. The van der Waals surface area contributed by atoms with Gasteiger partial charge in [0.15, 0.2) is 0 Å². The number of ether oxygens (including phenoxy) is 1. The van der Waals surface area contributed by atoms with E-state index < -0.39 is 4.92 Å². The molecule has 2 aromatic carbocycles. The van der Waals surface area contributed by atoms with E-state index >= 15 is 0 Å². The summed E-state index contributed by atoms with van der Waals surface area (Å²) in [5.74, 6) is 0.613. The first kappa shape index (κ1) is 18.4. The predicted molar refractivity (Wildman–Crippen MR) is 96.0 cm³/mol. The molecule has 0 saturated heterocycles. The summed E-state index contributed by atoms with van der Waals surface area (Å²) in [7, 11) is 0. The van der Waals surface area contributed by atoms with Crippen molar-refractivity contribution in [2.45, 2.75) is 26.2 Å². The van der Waals surface area contributed by atoms with Gasteiger partial charge in [0.05, 0.1) is 11.5 Å². The molecule has 132 valence electrons. The molecule has 1 amide bonds. The maximum absolute atomic E-state index is 12.0. The van der Waals surface area contributed by atoms with Gasteiger partial charge in [0, 0.05) is 24.2 Å². The van der Waals surface area contributed by atoms with Gasteiger partial charge in [-0.15, -0.1) is 0 Å². The molecule has 0 aliphatic rings. The highest BCUT2D eigenvalue weighted by Gasteiger charge is 2.08. The molecule has 0 radical (unpaired) electrons. The first-order valence-electron chi connectivity index (χ1n) is 8.34. The van der Waals surface area contributed by atoms with Crippen molar-refractivity contribution in [2.75, 3.05) is 13.2 Å². The number of hydrogen-bond donors (Lipinski definition) is 1. The number of non-ortho nitro benzene ring substituents is 1. The molecule has 0 aromatic heterocycles. The Morgan fingerprint density at radius 3 is 2.40 bits per heavy atom. The quantitative estimate of drug-likeness (QED) is 0.427. The molecule has 0 spiro atoms. The summed E-state index contributed by atoms with van der Waals surface area (Å²) in [6.07, 6.45) is 2.84. The largest absolute Gasteiger partial charge is 0.494 e. The Hall–Kier alpha value is -2.89.